The molecule has 5 nitrogen and oxygen atoms in total. The zero-order valence-electron chi connectivity index (χ0n) is 15.7. The van der Waals surface area contributed by atoms with Crippen molar-refractivity contribution in [1.82, 2.24) is 9.47 Å². The molecule has 4 rings (SSSR count). The monoisotopic (exact) mass is 352 g/mol. The number of ether oxygens (including phenoxy) is 3. The van der Waals surface area contributed by atoms with Gasteiger partial charge >= 0.3 is 0 Å². The Morgan fingerprint density at radius 3 is 2.19 bits per heavy atom. The molecule has 0 N–H and O–H groups in total. The van der Waals surface area contributed by atoms with Crippen molar-refractivity contribution in [3.05, 3.63) is 42.1 Å². The molecule has 0 saturated carbocycles. The third-order valence-corrected chi connectivity index (χ3v) is 5.18. The number of likely N-dealkylation sites (N-methyl/N-ethyl adjacent to an activating group) is 1. The van der Waals surface area contributed by atoms with Gasteiger partial charge in [-0.05, 0) is 30.8 Å². The average molecular weight is 352 g/mol. The molecule has 2 aromatic carbocycles. The highest BCUT2D eigenvalue weighted by Crippen LogP contribution is 2.42. The summed E-state index contributed by atoms with van der Waals surface area (Å²) in [4.78, 5) is 2.36. The van der Waals surface area contributed by atoms with Crippen molar-refractivity contribution in [2.24, 2.45) is 0 Å². The Bertz CT molecular complexity index is 944. The Labute approximate surface area is 153 Å². The predicted molar refractivity (Wildman–Crippen MR) is 103 cm³/mol. The first-order valence-electron chi connectivity index (χ1n) is 8.76. The smallest absolute Gasteiger partial charge is 0.162 e. The zero-order valence-corrected chi connectivity index (χ0v) is 15.7. The van der Waals surface area contributed by atoms with E-state index in [9.17, 15) is 0 Å². The molecule has 0 saturated heterocycles. The summed E-state index contributed by atoms with van der Waals surface area (Å²) in [7, 11) is 7.22. The van der Waals surface area contributed by atoms with Gasteiger partial charge in [0.15, 0.2) is 11.5 Å². The third-order valence-electron chi connectivity index (χ3n) is 5.18. The molecule has 2 heterocycles. The van der Waals surface area contributed by atoms with Crippen LogP contribution in [0.5, 0.6) is 17.2 Å². The van der Waals surface area contributed by atoms with E-state index in [0.29, 0.717) is 0 Å². The summed E-state index contributed by atoms with van der Waals surface area (Å²) >= 11 is 0. The van der Waals surface area contributed by atoms with Crippen LogP contribution in [0.2, 0.25) is 0 Å². The normalized spacial score (nSPS) is 14.3. The number of nitrogens with zero attached hydrogens (tertiary/aromatic N) is 2. The molecule has 1 aromatic heterocycles. The van der Waals surface area contributed by atoms with E-state index in [4.69, 9.17) is 14.2 Å². The van der Waals surface area contributed by atoms with Crippen molar-refractivity contribution in [2.45, 2.75) is 13.1 Å². The fourth-order valence-corrected chi connectivity index (χ4v) is 3.83. The lowest BCUT2D eigenvalue weighted by Gasteiger charge is -2.26. The Morgan fingerprint density at radius 1 is 0.846 bits per heavy atom. The van der Waals surface area contributed by atoms with E-state index < -0.39 is 0 Å². The highest BCUT2D eigenvalue weighted by molar-refractivity contribution is 6.00. The molecule has 0 amide bonds. The Balaban J connectivity index is 2.01. The molecule has 0 radical (unpaired) electrons. The summed E-state index contributed by atoms with van der Waals surface area (Å²) in [5.74, 6) is 2.38. The van der Waals surface area contributed by atoms with Crippen LogP contribution in [-0.4, -0.2) is 44.4 Å². The summed E-state index contributed by atoms with van der Waals surface area (Å²) in [5, 5.41) is 1.19. The number of aromatic nitrogens is 1. The molecule has 5 heteroatoms. The highest BCUT2D eigenvalue weighted by Gasteiger charge is 2.24. The van der Waals surface area contributed by atoms with Crippen LogP contribution in [0.4, 0.5) is 0 Å². The van der Waals surface area contributed by atoms with Crippen LogP contribution in [-0.2, 0) is 13.1 Å². The van der Waals surface area contributed by atoms with Gasteiger partial charge in [-0.25, -0.2) is 0 Å². The van der Waals surface area contributed by atoms with Gasteiger partial charge in [0.2, 0.25) is 0 Å². The van der Waals surface area contributed by atoms with Crippen LogP contribution in [0, 0.1) is 0 Å². The lowest BCUT2D eigenvalue weighted by atomic mass is 10.0. The topological polar surface area (TPSA) is 35.9 Å². The molecule has 136 valence electrons. The molecule has 0 bridgehead atoms. The van der Waals surface area contributed by atoms with E-state index >= 15 is 0 Å². The van der Waals surface area contributed by atoms with Crippen molar-refractivity contribution < 1.29 is 14.2 Å². The first kappa shape index (κ1) is 16.8. The van der Waals surface area contributed by atoms with Crippen LogP contribution in [0.1, 0.15) is 5.69 Å². The fraction of sp³-hybridized carbons (Fsp3) is 0.333. The molecular formula is C21H24N2O3. The van der Waals surface area contributed by atoms with Crippen molar-refractivity contribution in [1.29, 1.82) is 0 Å². The lowest BCUT2D eigenvalue weighted by Crippen LogP contribution is -2.30. The fourth-order valence-electron chi connectivity index (χ4n) is 3.83. The van der Waals surface area contributed by atoms with Gasteiger partial charge in [0.1, 0.15) is 5.75 Å². The SMILES string of the molecule is COc1ccc(-c2c3n(c4cc(OC)c(OC)cc24)CCN(C)C3)cc1. The first-order chi connectivity index (χ1) is 12.7. The van der Waals surface area contributed by atoms with Crippen molar-refractivity contribution in [3.63, 3.8) is 0 Å². The molecule has 0 spiro atoms. The number of hydrogen-bond acceptors (Lipinski definition) is 4. The minimum atomic E-state index is 0.756. The second-order valence-corrected chi connectivity index (χ2v) is 6.66. The van der Waals surface area contributed by atoms with Gasteiger partial charge in [0.05, 0.1) is 26.8 Å². The van der Waals surface area contributed by atoms with Gasteiger partial charge in [0, 0.05) is 42.3 Å². The maximum atomic E-state index is 5.56. The van der Waals surface area contributed by atoms with Crippen molar-refractivity contribution in [3.8, 4) is 28.4 Å². The quantitative estimate of drug-likeness (QED) is 0.716. The Morgan fingerprint density at radius 2 is 1.54 bits per heavy atom. The number of rotatable bonds is 4. The molecule has 26 heavy (non-hydrogen) atoms. The molecule has 0 fully saturated rings. The molecule has 1 aliphatic heterocycles. The van der Waals surface area contributed by atoms with Gasteiger partial charge in [-0.3, -0.25) is 4.90 Å². The summed E-state index contributed by atoms with van der Waals surface area (Å²) in [5.41, 5.74) is 4.97. The van der Waals surface area contributed by atoms with E-state index in [1.54, 1.807) is 21.3 Å². The van der Waals surface area contributed by atoms with E-state index in [0.717, 1.165) is 36.9 Å². The van der Waals surface area contributed by atoms with Crippen LogP contribution in [0.25, 0.3) is 22.0 Å². The highest BCUT2D eigenvalue weighted by atomic mass is 16.5. The van der Waals surface area contributed by atoms with Crippen molar-refractivity contribution in [2.75, 3.05) is 34.9 Å². The lowest BCUT2D eigenvalue weighted by molar-refractivity contribution is 0.273. The second kappa shape index (κ2) is 6.57. The molecular weight excluding hydrogens is 328 g/mol. The molecule has 0 atom stereocenters. The number of hydrogen-bond donors (Lipinski definition) is 0. The summed E-state index contributed by atoms with van der Waals surface area (Å²) in [6.45, 7) is 2.92. The van der Waals surface area contributed by atoms with Crippen LogP contribution in [0.15, 0.2) is 36.4 Å². The second-order valence-electron chi connectivity index (χ2n) is 6.66. The zero-order chi connectivity index (χ0) is 18.3. The Kier molecular flexibility index (Phi) is 4.24. The van der Waals surface area contributed by atoms with Gasteiger partial charge in [-0.2, -0.15) is 0 Å². The van der Waals surface area contributed by atoms with Crippen LogP contribution in [0.3, 0.4) is 0 Å². The van der Waals surface area contributed by atoms with Crippen LogP contribution < -0.4 is 14.2 Å². The van der Waals surface area contributed by atoms with E-state index in [1.807, 2.05) is 12.1 Å². The van der Waals surface area contributed by atoms with E-state index in [-0.39, 0.29) is 0 Å². The molecule has 3 aromatic rings. The third kappa shape index (κ3) is 2.59. The molecule has 0 aliphatic carbocycles. The summed E-state index contributed by atoms with van der Waals surface area (Å²) < 4.78 is 18.8. The van der Waals surface area contributed by atoms with Gasteiger partial charge in [0.25, 0.3) is 0 Å². The summed E-state index contributed by atoms with van der Waals surface area (Å²) in [6.07, 6.45) is 0. The molecule has 0 unspecified atom stereocenters. The number of benzene rings is 2. The van der Waals surface area contributed by atoms with E-state index in [1.165, 1.54) is 27.7 Å². The standard InChI is InChI=1S/C21H24N2O3/c1-22-9-10-23-17-12-20(26-4)19(25-3)11-16(17)21(18(23)13-22)14-5-7-15(24-2)8-6-14/h5-8,11-12H,9-10,13H2,1-4H3. The Hall–Kier alpha value is -2.66. The van der Waals surface area contributed by atoms with E-state index in [2.05, 4.69) is 40.8 Å². The number of fused-ring (bicyclic) bond motifs is 3. The largest absolute Gasteiger partial charge is 0.497 e. The first-order valence-corrected chi connectivity index (χ1v) is 8.76. The predicted octanol–water partition coefficient (Wildman–Crippen LogP) is 3.78. The minimum Gasteiger partial charge on any atom is -0.497 e. The number of methoxy groups -OCH3 is 3. The molecule has 1 aliphatic rings. The van der Waals surface area contributed by atoms with Gasteiger partial charge in [-0.15, -0.1) is 0 Å². The maximum absolute atomic E-state index is 5.56. The minimum absolute atomic E-state index is 0.756. The van der Waals surface area contributed by atoms with Crippen molar-refractivity contribution >= 4 is 10.9 Å². The average Bonchev–Trinajstić information content (AvgIpc) is 2.99. The van der Waals surface area contributed by atoms with Crippen LogP contribution >= 0.6 is 0 Å². The van der Waals surface area contributed by atoms with Gasteiger partial charge in [-0.1, -0.05) is 12.1 Å². The summed E-state index contributed by atoms with van der Waals surface area (Å²) in [6, 6.07) is 12.5. The van der Waals surface area contributed by atoms with Gasteiger partial charge < -0.3 is 18.8 Å². The maximum Gasteiger partial charge on any atom is 0.162 e.